The number of carboxylic acid groups (broad SMARTS) is 1. The van der Waals surface area contributed by atoms with Crippen LogP contribution in [0.15, 0.2) is 12.1 Å². The number of nitrogens with zero attached hydrogens (tertiary/aromatic N) is 2. The third-order valence-electron chi connectivity index (χ3n) is 5.33. The van der Waals surface area contributed by atoms with Crippen molar-refractivity contribution in [3.05, 3.63) is 21.9 Å². The summed E-state index contributed by atoms with van der Waals surface area (Å²) in [6, 6.07) is 4.88. The van der Waals surface area contributed by atoms with Gasteiger partial charge in [0.15, 0.2) is 0 Å². The number of carbonyl (C=O) groups is 2. The molecule has 0 unspecified atom stereocenters. The lowest BCUT2D eigenvalue weighted by molar-refractivity contribution is -0.192. The van der Waals surface area contributed by atoms with Gasteiger partial charge in [-0.05, 0) is 44.7 Å². The number of alkyl halides is 3. The molecule has 0 saturated carbocycles. The fourth-order valence-electron chi connectivity index (χ4n) is 3.94. The second-order valence-electron chi connectivity index (χ2n) is 7.51. The van der Waals surface area contributed by atoms with Crippen LogP contribution in [0.3, 0.4) is 0 Å². The van der Waals surface area contributed by atoms with Gasteiger partial charge in [-0.15, -0.1) is 11.3 Å². The summed E-state index contributed by atoms with van der Waals surface area (Å²) in [7, 11) is 0. The summed E-state index contributed by atoms with van der Waals surface area (Å²) in [6.07, 6.45) is -1.39. The molecule has 3 atom stereocenters. The van der Waals surface area contributed by atoms with Crippen LogP contribution in [0.1, 0.15) is 35.4 Å². The number of fused-ring (bicyclic) bond motifs is 1. The first-order chi connectivity index (χ1) is 14.1. The van der Waals surface area contributed by atoms with E-state index in [2.05, 4.69) is 24.0 Å². The predicted octanol–water partition coefficient (Wildman–Crippen LogP) is 2.98. The average molecular weight is 450 g/mol. The van der Waals surface area contributed by atoms with Gasteiger partial charge in [-0.1, -0.05) is 0 Å². The maximum atomic E-state index is 12.4. The summed E-state index contributed by atoms with van der Waals surface area (Å²) < 4.78 is 37.9. The summed E-state index contributed by atoms with van der Waals surface area (Å²) in [5.41, 5.74) is 0. The second-order valence-corrected chi connectivity index (χ2v) is 8.88. The van der Waals surface area contributed by atoms with Crippen LogP contribution < -0.4 is 0 Å². The number of amides is 1. The molecule has 0 radical (unpaired) electrons. The third kappa shape index (κ3) is 5.71. The van der Waals surface area contributed by atoms with Crippen LogP contribution >= 0.6 is 11.3 Å². The first-order valence-corrected chi connectivity index (χ1v) is 10.7. The minimum absolute atomic E-state index is 0.0216. The third-order valence-corrected chi connectivity index (χ3v) is 6.32. The van der Waals surface area contributed by atoms with E-state index in [1.165, 1.54) is 14.8 Å². The van der Waals surface area contributed by atoms with Crippen molar-refractivity contribution in [3.63, 3.8) is 0 Å². The van der Waals surface area contributed by atoms with Crippen LogP contribution in [0.2, 0.25) is 0 Å². The Morgan fingerprint density at radius 1 is 1.23 bits per heavy atom. The summed E-state index contributed by atoms with van der Waals surface area (Å²) >= 11 is 1.88. The van der Waals surface area contributed by atoms with Gasteiger partial charge >= 0.3 is 12.1 Å². The van der Waals surface area contributed by atoms with E-state index in [9.17, 15) is 18.0 Å². The number of hydrogen-bond acceptors (Lipinski definition) is 6. The SMILES string of the molecule is Cc1ccc(CN2CC[C@H]3O[C@@H](C(=O)N4CCCO4)CC[C@H]32)s1.O=C(O)C(F)(F)F. The molecule has 1 N–H and O–H groups in total. The van der Waals surface area contributed by atoms with Gasteiger partial charge in [-0.2, -0.15) is 13.2 Å². The molecule has 1 aromatic rings. The van der Waals surface area contributed by atoms with Crippen molar-refractivity contribution in [2.45, 2.75) is 63.6 Å². The number of rotatable bonds is 3. The highest BCUT2D eigenvalue weighted by atomic mass is 32.1. The van der Waals surface area contributed by atoms with Gasteiger partial charge < -0.3 is 9.84 Å². The highest BCUT2D eigenvalue weighted by Crippen LogP contribution is 2.34. The zero-order valence-electron chi connectivity index (χ0n) is 16.6. The number of thiophene rings is 1. The van der Waals surface area contributed by atoms with Gasteiger partial charge in [0.2, 0.25) is 0 Å². The minimum Gasteiger partial charge on any atom is -0.475 e. The van der Waals surface area contributed by atoms with Crippen LogP contribution in [0.25, 0.3) is 0 Å². The molecule has 3 saturated heterocycles. The molecule has 1 aromatic heterocycles. The Morgan fingerprint density at radius 3 is 2.53 bits per heavy atom. The molecule has 1 amide bonds. The average Bonchev–Trinajstić information content (AvgIpc) is 3.43. The molecular weight excluding hydrogens is 425 g/mol. The van der Waals surface area contributed by atoms with E-state index < -0.39 is 12.1 Å². The lowest BCUT2D eigenvalue weighted by Gasteiger charge is -2.36. The summed E-state index contributed by atoms with van der Waals surface area (Å²) in [5.74, 6) is -2.74. The monoisotopic (exact) mass is 450 g/mol. The predicted molar refractivity (Wildman–Crippen MR) is 102 cm³/mol. The Bertz CT molecular complexity index is 751. The van der Waals surface area contributed by atoms with Gasteiger partial charge in [0.25, 0.3) is 5.91 Å². The van der Waals surface area contributed by atoms with Crippen LogP contribution in [0.5, 0.6) is 0 Å². The first kappa shape index (κ1) is 23.0. The lowest BCUT2D eigenvalue weighted by atomic mass is 9.98. The number of halogens is 3. The highest BCUT2D eigenvalue weighted by Gasteiger charge is 2.43. The molecule has 0 aliphatic carbocycles. The van der Waals surface area contributed by atoms with E-state index in [0.717, 1.165) is 38.8 Å². The number of carboxylic acids is 1. The molecule has 0 spiro atoms. The van der Waals surface area contributed by atoms with Gasteiger partial charge in [0, 0.05) is 28.9 Å². The van der Waals surface area contributed by atoms with Crippen molar-refractivity contribution < 1.29 is 37.4 Å². The lowest BCUT2D eigenvalue weighted by Crippen LogP contribution is -2.48. The molecule has 3 aliphatic rings. The standard InChI is InChI=1S/C17H24N2O3S.C2HF3O2/c1-12-3-4-13(23-12)11-18-9-7-15-14(18)5-6-16(22-15)17(20)19-8-2-10-21-19;3-2(4,5)1(6)7/h3-4,14-16H,2,5-11H2,1H3;(H,6,7)/t14-,15-,16-;/m1./s1. The zero-order valence-corrected chi connectivity index (χ0v) is 17.4. The van der Waals surface area contributed by atoms with Crippen molar-refractivity contribution in [2.75, 3.05) is 19.7 Å². The topological polar surface area (TPSA) is 79.3 Å². The Balaban J connectivity index is 0.000000318. The van der Waals surface area contributed by atoms with E-state index >= 15 is 0 Å². The Hall–Kier alpha value is -1.69. The number of carbonyl (C=O) groups excluding carboxylic acids is 1. The molecule has 3 aliphatic heterocycles. The molecule has 4 heterocycles. The van der Waals surface area contributed by atoms with E-state index in [1.807, 2.05) is 11.3 Å². The van der Waals surface area contributed by atoms with E-state index in [0.29, 0.717) is 19.2 Å². The van der Waals surface area contributed by atoms with Crippen molar-refractivity contribution in [2.24, 2.45) is 0 Å². The van der Waals surface area contributed by atoms with Gasteiger partial charge in [-0.3, -0.25) is 14.5 Å². The van der Waals surface area contributed by atoms with Crippen LogP contribution in [0.4, 0.5) is 13.2 Å². The molecule has 11 heteroatoms. The summed E-state index contributed by atoms with van der Waals surface area (Å²) in [4.78, 5) is 32.0. The molecular formula is C19H25F3N2O5S. The van der Waals surface area contributed by atoms with Crippen molar-refractivity contribution in [3.8, 4) is 0 Å². The molecule has 30 heavy (non-hydrogen) atoms. The summed E-state index contributed by atoms with van der Waals surface area (Å²) in [6.45, 7) is 5.58. The maximum Gasteiger partial charge on any atom is 0.490 e. The molecule has 168 valence electrons. The molecule has 7 nitrogen and oxygen atoms in total. The second kappa shape index (κ2) is 9.63. The maximum absolute atomic E-state index is 12.4. The Morgan fingerprint density at radius 2 is 1.97 bits per heavy atom. The number of likely N-dealkylation sites (tertiary alicyclic amines) is 1. The van der Waals surface area contributed by atoms with E-state index in [1.54, 1.807) is 0 Å². The van der Waals surface area contributed by atoms with Crippen molar-refractivity contribution >= 4 is 23.2 Å². The van der Waals surface area contributed by atoms with Crippen LogP contribution in [0, 0.1) is 6.92 Å². The Kier molecular flexibility index (Phi) is 7.38. The number of hydrogen-bond donors (Lipinski definition) is 1. The molecule has 0 bridgehead atoms. The smallest absolute Gasteiger partial charge is 0.475 e. The van der Waals surface area contributed by atoms with Gasteiger partial charge in [0.1, 0.15) is 6.10 Å². The largest absolute Gasteiger partial charge is 0.490 e. The fourth-order valence-corrected chi connectivity index (χ4v) is 4.86. The Labute approximate surface area is 176 Å². The minimum atomic E-state index is -5.08. The normalized spacial score (nSPS) is 26.8. The number of ether oxygens (including phenoxy) is 1. The number of hydroxylamine groups is 2. The van der Waals surface area contributed by atoms with E-state index in [4.69, 9.17) is 19.5 Å². The van der Waals surface area contributed by atoms with Gasteiger partial charge in [-0.25, -0.2) is 9.86 Å². The fraction of sp³-hybridized carbons (Fsp3) is 0.684. The number of aryl methyl sites for hydroxylation is 1. The molecule has 4 rings (SSSR count). The van der Waals surface area contributed by atoms with Gasteiger partial charge in [0.05, 0.1) is 19.3 Å². The highest BCUT2D eigenvalue weighted by molar-refractivity contribution is 7.11. The van der Waals surface area contributed by atoms with Crippen LogP contribution in [-0.2, 0) is 25.7 Å². The zero-order chi connectivity index (χ0) is 21.9. The molecule has 0 aromatic carbocycles. The quantitative estimate of drug-likeness (QED) is 0.763. The van der Waals surface area contributed by atoms with Crippen molar-refractivity contribution in [1.29, 1.82) is 0 Å². The van der Waals surface area contributed by atoms with Crippen LogP contribution in [-0.4, -0.2) is 71.1 Å². The first-order valence-electron chi connectivity index (χ1n) is 9.84. The number of aliphatic carboxylic acids is 1. The van der Waals surface area contributed by atoms with Crippen molar-refractivity contribution in [1.82, 2.24) is 9.96 Å². The summed E-state index contributed by atoms with van der Waals surface area (Å²) in [5, 5.41) is 8.63. The molecule has 3 fully saturated rings. The van der Waals surface area contributed by atoms with E-state index in [-0.39, 0.29) is 18.1 Å².